The van der Waals surface area contributed by atoms with Gasteiger partial charge in [0, 0.05) is 37.6 Å². The number of piperazine rings is 1. The zero-order chi connectivity index (χ0) is 16.9. The summed E-state index contributed by atoms with van der Waals surface area (Å²) in [7, 11) is 0. The lowest BCUT2D eigenvalue weighted by Gasteiger charge is -2.36. The average molecular weight is 323 g/mol. The highest BCUT2D eigenvalue weighted by Crippen LogP contribution is 2.16. The topological polar surface area (TPSA) is 35.6 Å². The Hall–Kier alpha value is -2.49. The summed E-state index contributed by atoms with van der Waals surface area (Å²) < 4.78 is 0. The van der Waals surface area contributed by atoms with E-state index >= 15 is 0 Å². The van der Waals surface area contributed by atoms with E-state index in [1.807, 2.05) is 17.0 Å². The summed E-state index contributed by atoms with van der Waals surface area (Å²) in [6.07, 6.45) is 0. The van der Waals surface area contributed by atoms with E-state index in [-0.39, 0.29) is 5.91 Å². The Balaban J connectivity index is 1.49. The zero-order valence-corrected chi connectivity index (χ0v) is 14.5. The molecule has 4 nitrogen and oxygen atoms in total. The number of hydrogen-bond donors (Lipinski definition) is 1. The molecule has 0 spiro atoms. The maximum Gasteiger partial charge on any atom is 0.241 e. The van der Waals surface area contributed by atoms with Crippen molar-refractivity contribution in [1.82, 2.24) is 4.90 Å². The number of amides is 1. The van der Waals surface area contributed by atoms with Crippen LogP contribution in [0, 0.1) is 13.8 Å². The second-order valence-electron chi connectivity index (χ2n) is 6.36. The molecule has 1 aliphatic rings. The van der Waals surface area contributed by atoms with E-state index < -0.39 is 0 Å². The van der Waals surface area contributed by atoms with Crippen molar-refractivity contribution in [1.29, 1.82) is 0 Å². The molecule has 4 heteroatoms. The smallest absolute Gasteiger partial charge is 0.241 e. The number of hydrogen-bond acceptors (Lipinski definition) is 3. The fourth-order valence-corrected chi connectivity index (χ4v) is 2.99. The molecule has 1 fully saturated rings. The van der Waals surface area contributed by atoms with Crippen molar-refractivity contribution in [2.24, 2.45) is 0 Å². The van der Waals surface area contributed by atoms with Gasteiger partial charge in [-0.25, -0.2) is 0 Å². The SMILES string of the molecule is Cc1ccc(NCC(=O)N2CCN(c3ccccc3)CC2)cc1C. The van der Waals surface area contributed by atoms with Crippen molar-refractivity contribution in [3.63, 3.8) is 0 Å². The predicted molar refractivity (Wildman–Crippen MR) is 99.6 cm³/mol. The molecule has 1 saturated heterocycles. The normalized spacial score (nSPS) is 14.6. The van der Waals surface area contributed by atoms with Crippen molar-refractivity contribution >= 4 is 17.3 Å². The van der Waals surface area contributed by atoms with Gasteiger partial charge in [0.1, 0.15) is 0 Å². The van der Waals surface area contributed by atoms with Gasteiger partial charge < -0.3 is 15.1 Å². The van der Waals surface area contributed by atoms with Crippen LogP contribution in [0.4, 0.5) is 11.4 Å². The minimum absolute atomic E-state index is 0.168. The molecule has 0 atom stereocenters. The largest absolute Gasteiger partial charge is 0.376 e. The molecule has 0 aromatic heterocycles. The molecule has 2 aromatic rings. The number of nitrogens with zero attached hydrogens (tertiary/aromatic N) is 2. The van der Waals surface area contributed by atoms with Gasteiger partial charge in [0.2, 0.25) is 5.91 Å². The number of aryl methyl sites for hydroxylation is 2. The van der Waals surface area contributed by atoms with Gasteiger partial charge in [0.25, 0.3) is 0 Å². The van der Waals surface area contributed by atoms with Gasteiger partial charge in [-0.3, -0.25) is 4.79 Å². The van der Waals surface area contributed by atoms with Crippen LogP contribution in [-0.2, 0) is 4.79 Å². The fraction of sp³-hybridized carbons (Fsp3) is 0.350. The Morgan fingerprint density at radius 3 is 2.33 bits per heavy atom. The van der Waals surface area contributed by atoms with Gasteiger partial charge in [-0.1, -0.05) is 24.3 Å². The first kappa shape index (κ1) is 16.4. The highest BCUT2D eigenvalue weighted by atomic mass is 16.2. The van der Waals surface area contributed by atoms with Crippen LogP contribution in [0.5, 0.6) is 0 Å². The third kappa shape index (κ3) is 3.88. The molecule has 0 radical (unpaired) electrons. The van der Waals surface area contributed by atoms with E-state index in [2.05, 4.69) is 60.5 Å². The van der Waals surface area contributed by atoms with E-state index in [9.17, 15) is 4.79 Å². The highest BCUT2D eigenvalue weighted by molar-refractivity contribution is 5.81. The Bertz CT molecular complexity index is 691. The monoisotopic (exact) mass is 323 g/mol. The van der Waals surface area contributed by atoms with Crippen LogP contribution in [0.15, 0.2) is 48.5 Å². The lowest BCUT2D eigenvalue weighted by atomic mass is 10.1. The van der Waals surface area contributed by atoms with Crippen LogP contribution in [-0.4, -0.2) is 43.5 Å². The molecular formula is C20H25N3O. The second kappa shape index (κ2) is 7.39. The lowest BCUT2D eigenvalue weighted by molar-refractivity contribution is -0.129. The van der Waals surface area contributed by atoms with E-state index in [1.165, 1.54) is 16.8 Å². The van der Waals surface area contributed by atoms with E-state index in [0.29, 0.717) is 6.54 Å². The number of nitrogens with one attached hydrogen (secondary N) is 1. The molecule has 1 N–H and O–H groups in total. The molecule has 1 aliphatic heterocycles. The highest BCUT2D eigenvalue weighted by Gasteiger charge is 2.20. The number of rotatable bonds is 4. The lowest BCUT2D eigenvalue weighted by Crippen LogP contribution is -2.50. The van der Waals surface area contributed by atoms with Crippen LogP contribution < -0.4 is 10.2 Å². The molecule has 3 rings (SSSR count). The summed E-state index contributed by atoms with van der Waals surface area (Å²) in [5.41, 5.74) is 4.75. The molecule has 126 valence electrons. The number of carbonyl (C=O) groups is 1. The van der Waals surface area contributed by atoms with E-state index in [0.717, 1.165) is 31.9 Å². The van der Waals surface area contributed by atoms with Gasteiger partial charge in [0.15, 0.2) is 0 Å². The van der Waals surface area contributed by atoms with Gasteiger partial charge in [-0.2, -0.15) is 0 Å². The van der Waals surface area contributed by atoms with Gasteiger partial charge in [0.05, 0.1) is 6.54 Å². The minimum Gasteiger partial charge on any atom is -0.376 e. The van der Waals surface area contributed by atoms with Crippen molar-refractivity contribution in [3.8, 4) is 0 Å². The summed E-state index contributed by atoms with van der Waals surface area (Å²) in [6, 6.07) is 16.6. The van der Waals surface area contributed by atoms with Gasteiger partial charge in [-0.05, 0) is 49.2 Å². The van der Waals surface area contributed by atoms with Crippen LogP contribution >= 0.6 is 0 Å². The quantitative estimate of drug-likeness (QED) is 0.939. The molecule has 0 bridgehead atoms. The number of para-hydroxylation sites is 1. The average Bonchev–Trinajstić information content (AvgIpc) is 2.63. The minimum atomic E-state index is 0.168. The second-order valence-corrected chi connectivity index (χ2v) is 6.36. The molecule has 1 amide bonds. The molecular weight excluding hydrogens is 298 g/mol. The van der Waals surface area contributed by atoms with Crippen LogP contribution in [0.1, 0.15) is 11.1 Å². The number of anilines is 2. The molecule has 0 aliphatic carbocycles. The van der Waals surface area contributed by atoms with Crippen LogP contribution in [0.3, 0.4) is 0 Å². The first-order valence-electron chi connectivity index (χ1n) is 8.52. The van der Waals surface area contributed by atoms with Crippen molar-refractivity contribution in [3.05, 3.63) is 59.7 Å². The first-order chi connectivity index (χ1) is 11.6. The van der Waals surface area contributed by atoms with E-state index in [1.54, 1.807) is 0 Å². The molecule has 1 heterocycles. The fourth-order valence-electron chi connectivity index (χ4n) is 2.99. The summed E-state index contributed by atoms with van der Waals surface area (Å²) >= 11 is 0. The Morgan fingerprint density at radius 1 is 0.958 bits per heavy atom. The number of carbonyl (C=O) groups excluding carboxylic acids is 1. The Labute approximate surface area is 144 Å². The van der Waals surface area contributed by atoms with Crippen molar-refractivity contribution < 1.29 is 4.79 Å². The molecule has 0 saturated carbocycles. The van der Waals surface area contributed by atoms with Crippen molar-refractivity contribution in [2.75, 3.05) is 42.9 Å². The van der Waals surface area contributed by atoms with Gasteiger partial charge in [-0.15, -0.1) is 0 Å². The maximum absolute atomic E-state index is 12.4. The van der Waals surface area contributed by atoms with Gasteiger partial charge >= 0.3 is 0 Å². The summed E-state index contributed by atoms with van der Waals surface area (Å²) in [6.45, 7) is 7.87. The molecule has 24 heavy (non-hydrogen) atoms. The Morgan fingerprint density at radius 2 is 1.67 bits per heavy atom. The molecule has 0 unspecified atom stereocenters. The predicted octanol–water partition coefficient (Wildman–Crippen LogP) is 3.06. The van der Waals surface area contributed by atoms with E-state index in [4.69, 9.17) is 0 Å². The summed E-state index contributed by atoms with van der Waals surface area (Å²) in [5.74, 6) is 0.168. The first-order valence-corrected chi connectivity index (χ1v) is 8.52. The van der Waals surface area contributed by atoms with Crippen molar-refractivity contribution in [2.45, 2.75) is 13.8 Å². The third-order valence-corrected chi connectivity index (χ3v) is 4.70. The van der Waals surface area contributed by atoms with Crippen LogP contribution in [0.25, 0.3) is 0 Å². The third-order valence-electron chi connectivity index (χ3n) is 4.70. The molecule has 2 aromatic carbocycles. The maximum atomic E-state index is 12.4. The summed E-state index contributed by atoms with van der Waals surface area (Å²) in [5, 5.41) is 3.25. The standard InChI is InChI=1S/C20H25N3O/c1-16-8-9-18(14-17(16)2)21-15-20(24)23-12-10-22(11-13-23)19-6-4-3-5-7-19/h3-9,14,21H,10-13,15H2,1-2H3. The summed E-state index contributed by atoms with van der Waals surface area (Å²) in [4.78, 5) is 16.7. The number of benzene rings is 2. The zero-order valence-electron chi connectivity index (χ0n) is 14.5. The Kier molecular flexibility index (Phi) is 5.04. The van der Waals surface area contributed by atoms with Crippen LogP contribution in [0.2, 0.25) is 0 Å².